The fourth-order valence-electron chi connectivity index (χ4n) is 1.24. The number of aromatic carboxylic acids is 1. The van der Waals surface area contributed by atoms with E-state index in [2.05, 4.69) is 0 Å². The van der Waals surface area contributed by atoms with Gasteiger partial charge in [0.1, 0.15) is 11.4 Å². The van der Waals surface area contributed by atoms with Crippen molar-refractivity contribution in [3.05, 3.63) is 33.6 Å². The maximum Gasteiger partial charge on any atom is 0.338 e. The molecule has 7 heteroatoms. The van der Waals surface area contributed by atoms with Crippen LogP contribution in [0.5, 0.6) is 0 Å². The summed E-state index contributed by atoms with van der Waals surface area (Å²) in [6, 6.07) is 1.68. The maximum atomic E-state index is 13.5. The smallest absolute Gasteiger partial charge is 0.338 e. The van der Waals surface area contributed by atoms with E-state index in [1.165, 1.54) is 0 Å². The average molecular weight is 273 g/mol. The summed E-state index contributed by atoms with van der Waals surface area (Å²) in [5, 5.41) is 19.7. The first kappa shape index (κ1) is 14.4. The quantitative estimate of drug-likeness (QED) is 0.505. The summed E-state index contributed by atoms with van der Waals surface area (Å²) in [5.41, 5.74) is -1.06. The first-order valence-corrected chi connectivity index (χ1v) is 6.12. The molecule has 0 heterocycles. The number of hydrogen-bond acceptors (Lipinski definition) is 4. The van der Waals surface area contributed by atoms with Gasteiger partial charge in [-0.25, -0.2) is 9.18 Å². The number of nitro groups is 1. The van der Waals surface area contributed by atoms with Gasteiger partial charge < -0.3 is 5.11 Å². The Balaban J connectivity index is 3.29. The lowest BCUT2D eigenvalue weighted by Gasteiger charge is -2.09. The first-order valence-electron chi connectivity index (χ1n) is 5.24. The van der Waals surface area contributed by atoms with Crippen LogP contribution in [0.2, 0.25) is 0 Å². The Hall–Kier alpha value is -1.63. The van der Waals surface area contributed by atoms with E-state index in [1.807, 2.05) is 13.8 Å². The molecule has 0 amide bonds. The lowest BCUT2D eigenvalue weighted by molar-refractivity contribution is -0.387. The molecule has 1 aromatic rings. The molecule has 1 rings (SSSR count). The Morgan fingerprint density at radius 3 is 2.67 bits per heavy atom. The number of nitrogens with zero attached hydrogens (tertiary/aromatic N) is 1. The second kappa shape index (κ2) is 5.81. The fraction of sp³-hybridized carbons (Fsp3) is 0.364. The topological polar surface area (TPSA) is 80.4 Å². The second-order valence-corrected chi connectivity index (χ2v) is 5.18. The number of carboxylic acid groups (broad SMARTS) is 1. The number of halogens is 1. The van der Waals surface area contributed by atoms with Crippen LogP contribution in [0.25, 0.3) is 0 Å². The van der Waals surface area contributed by atoms with Gasteiger partial charge in [-0.3, -0.25) is 10.1 Å². The van der Waals surface area contributed by atoms with Crippen LogP contribution in [0.3, 0.4) is 0 Å². The molecule has 1 aromatic carbocycles. The van der Waals surface area contributed by atoms with Gasteiger partial charge in [0.05, 0.1) is 9.82 Å². The molecule has 5 nitrogen and oxygen atoms in total. The molecule has 18 heavy (non-hydrogen) atoms. The van der Waals surface area contributed by atoms with Gasteiger partial charge >= 0.3 is 5.97 Å². The lowest BCUT2D eigenvalue weighted by atomic mass is 10.2. The fourth-order valence-corrected chi connectivity index (χ4v) is 2.27. The van der Waals surface area contributed by atoms with Crippen LogP contribution in [-0.4, -0.2) is 21.2 Å². The Morgan fingerprint density at radius 2 is 2.22 bits per heavy atom. The highest BCUT2D eigenvalue weighted by atomic mass is 32.2. The lowest BCUT2D eigenvalue weighted by Crippen LogP contribution is -2.04. The van der Waals surface area contributed by atoms with Crippen LogP contribution in [0.15, 0.2) is 17.0 Å². The van der Waals surface area contributed by atoms with Crippen molar-refractivity contribution < 1.29 is 19.2 Å². The van der Waals surface area contributed by atoms with Crippen LogP contribution < -0.4 is 0 Å². The molecule has 0 aliphatic heterocycles. The number of carboxylic acids is 1. The van der Waals surface area contributed by atoms with Gasteiger partial charge in [-0.15, -0.1) is 11.8 Å². The second-order valence-electron chi connectivity index (χ2n) is 3.70. The van der Waals surface area contributed by atoms with E-state index in [-0.39, 0.29) is 15.8 Å². The molecule has 0 aromatic heterocycles. The molecule has 0 bridgehead atoms. The third kappa shape index (κ3) is 3.19. The van der Waals surface area contributed by atoms with Crippen molar-refractivity contribution >= 4 is 23.4 Å². The SMILES string of the molecule is CCC(C)Sc1cc(F)c(C(=O)O)cc1[N+](=O)[O-]. The first-order chi connectivity index (χ1) is 8.36. The van der Waals surface area contributed by atoms with Crippen LogP contribution in [0.4, 0.5) is 10.1 Å². The zero-order valence-electron chi connectivity index (χ0n) is 9.84. The summed E-state index contributed by atoms with van der Waals surface area (Å²) in [6.45, 7) is 3.77. The Kier molecular flexibility index (Phi) is 4.66. The maximum absolute atomic E-state index is 13.5. The normalized spacial score (nSPS) is 12.2. The Bertz CT molecular complexity index is 492. The van der Waals surface area contributed by atoms with Crippen molar-refractivity contribution in [1.29, 1.82) is 0 Å². The zero-order chi connectivity index (χ0) is 13.9. The molecule has 0 spiro atoms. The van der Waals surface area contributed by atoms with Crippen LogP contribution >= 0.6 is 11.8 Å². The predicted octanol–water partition coefficient (Wildman–Crippen LogP) is 3.32. The number of benzene rings is 1. The molecule has 0 fully saturated rings. The molecule has 1 atom stereocenters. The van der Waals surface area contributed by atoms with Crippen molar-refractivity contribution in [2.24, 2.45) is 0 Å². The third-order valence-electron chi connectivity index (χ3n) is 2.38. The van der Waals surface area contributed by atoms with E-state index in [9.17, 15) is 19.3 Å². The molecule has 0 aliphatic rings. The predicted molar refractivity (Wildman–Crippen MR) is 65.6 cm³/mol. The van der Waals surface area contributed by atoms with Crippen molar-refractivity contribution in [2.75, 3.05) is 0 Å². The van der Waals surface area contributed by atoms with Gasteiger partial charge in [0.15, 0.2) is 0 Å². The van der Waals surface area contributed by atoms with Crippen molar-refractivity contribution in [2.45, 2.75) is 30.4 Å². The highest BCUT2D eigenvalue weighted by molar-refractivity contribution is 8.00. The number of hydrogen-bond donors (Lipinski definition) is 1. The van der Waals surface area contributed by atoms with Gasteiger partial charge in [0.2, 0.25) is 0 Å². The number of rotatable bonds is 5. The Morgan fingerprint density at radius 1 is 1.61 bits per heavy atom. The molecule has 0 saturated heterocycles. The van der Waals surface area contributed by atoms with Crippen LogP contribution in [0.1, 0.15) is 30.6 Å². The molecular weight excluding hydrogens is 261 g/mol. The average Bonchev–Trinajstić information content (AvgIpc) is 2.27. The monoisotopic (exact) mass is 273 g/mol. The largest absolute Gasteiger partial charge is 0.478 e. The van der Waals surface area contributed by atoms with E-state index in [0.717, 1.165) is 30.3 Å². The van der Waals surface area contributed by atoms with Crippen molar-refractivity contribution in [3.63, 3.8) is 0 Å². The van der Waals surface area contributed by atoms with Crippen LogP contribution in [0, 0.1) is 15.9 Å². The van der Waals surface area contributed by atoms with Crippen molar-refractivity contribution in [3.8, 4) is 0 Å². The van der Waals surface area contributed by atoms with Gasteiger partial charge in [0.25, 0.3) is 5.69 Å². The zero-order valence-corrected chi connectivity index (χ0v) is 10.7. The van der Waals surface area contributed by atoms with E-state index < -0.39 is 22.3 Å². The van der Waals surface area contributed by atoms with E-state index >= 15 is 0 Å². The molecular formula is C11H12FNO4S. The molecule has 1 unspecified atom stereocenters. The van der Waals surface area contributed by atoms with Gasteiger partial charge in [0, 0.05) is 11.3 Å². The van der Waals surface area contributed by atoms with E-state index in [4.69, 9.17) is 5.11 Å². The summed E-state index contributed by atoms with van der Waals surface area (Å²) < 4.78 is 13.5. The number of nitro benzene ring substituents is 1. The van der Waals surface area contributed by atoms with Crippen LogP contribution in [-0.2, 0) is 0 Å². The third-order valence-corrected chi connectivity index (χ3v) is 3.70. The van der Waals surface area contributed by atoms with E-state index in [0.29, 0.717) is 0 Å². The minimum Gasteiger partial charge on any atom is -0.478 e. The van der Waals surface area contributed by atoms with E-state index in [1.54, 1.807) is 0 Å². The summed E-state index contributed by atoms with van der Waals surface area (Å²) >= 11 is 1.16. The standard InChI is InChI=1S/C11H12FNO4S/c1-3-6(2)18-10-5-8(12)7(11(14)15)4-9(10)13(16)17/h4-6H,3H2,1-2H3,(H,14,15). The molecule has 1 N–H and O–H groups in total. The summed E-state index contributed by atoms with van der Waals surface area (Å²) in [4.78, 5) is 21.0. The minimum absolute atomic E-state index is 0.0822. The molecule has 0 radical (unpaired) electrons. The van der Waals surface area contributed by atoms with Gasteiger partial charge in [-0.1, -0.05) is 13.8 Å². The highest BCUT2D eigenvalue weighted by Crippen LogP contribution is 2.35. The summed E-state index contributed by atoms with van der Waals surface area (Å²) in [5.74, 6) is -2.48. The summed E-state index contributed by atoms with van der Waals surface area (Å²) in [7, 11) is 0. The molecule has 0 saturated carbocycles. The summed E-state index contributed by atoms with van der Waals surface area (Å²) in [6.07, 6.45) is 0.768. The molecule has 98 valence electrons. The van der Waals surface area contributed by atoms with Gasteiger partial charge in [-0.05, 0) is 12.5 Å². The van der Waals surface area contributed by atoms with Gasteiger partial charge in [-0.2, -0.15) is 0 Å². The Labute approximate surface area is 107 Å². The number of carbonyl (C=O) groups is 1. The minimum atomic E-state index is -1.52. The molecule has 0 aliphatic carbocycles. The number of thioether (sulfide) groups is 1. The van der Waals surface area contributed by atoms with Crippen molar-refractivity contribution in [1.82, 2.24) is 0 Å². The highest BCUT2D eigenvalue weighted by Gasteiger charge is 2.23.